The van der Waals surface area contributed by atoms with Crippen molar-refractivity contribution >= 4 is 0 Å². The Morgan fingerprint density at radius 3 is 2.53 bits per heavy atom. The fourth-order valence-corrected chi connectivity index (χ4v) is 2.21. The van der Waals surface area contributed by atoms with E-state index in [1.807, 2.05) is 0 Å². The van der Waals surface area contributed by atoms with Crippen LogP contribution in [0.2, 0.25) is 0 Å². The minimum Gasteiger partial charge on any atom is -0.486 e. The normalized spacial score (nSPS) is 23.4. The van der Waals surface area contributed by atoms with Gasteiger partial charge in [0.2, 0.25) is 0 Å². The van der Waals surface area contributed by atoms with Gasteiger partial charge in [0.15, 0.2) is 11.5 Å². The molecule has 0 saturated carbocycles. The molecule has 80 valence electrons. The highest BCUT2D eigenvalue weighted by atomic mass is 16.6. The number of nitrogens with one attached hydrogen (secondary N) is 1. The molecule has 0 radical (unpaired) electrons. The molecule has 3 heteroatoms. The molecular weight excluding hydrogens is 190 g/mol. The van der Waals surface area contributed by atoms with E-state index in [0.717, 1.165) is 24.5 Å². The highest BCUT2D eigenvalue weighted by molar-refractivity contribution is 5.49. The molecule has 1 aromatic carbocycles. The summed E-state index contributed by atoms with van der Waals surface area (Å²) in [7, 11) is 0. The van der Waals surface area contributed by atoms with Crippen LogP contribution in [0.4, 0.5) is 0 Å². The molecule has 3 rings (SSSR count). The van der Waals surface area contributed by atoms with Gasteiger partial charge in [-0.1, -0.05) is 0 Å². The largest absolute Gasteiger partial charge is 0.486 e. The average molecular weight is 205 g/mol. The van der Waals surface area contributed by atoms with E-state index >= 15 is 0 Å². The van der Waals surface area contributed by atoms with Crippen molar-refractivity contribution in [2.24, 2.45) is 0 Å². The maximum atomic E-state index is 5.58. The minimum absolute atomic E-state index is 0.556. The zero-order chi connectivity index (χ0) is 10.3. The molecule has 0 aliphatic carbocycles. The van der Waals surface area contributed by atoms with E-state index < -0.39 is 0 Å². The van der Waals surface area contributed by atoms with Crippen LogP contribution < -0.4 is 14.8 Å². The summed E-state index contributed by atoms with van der Waals surface area (Å²) in [5, 5.41) is 3.45. The molecule has 15 heavy (non-hydrogen) atoms. The summed E-state index contributed by atoms with van der Waals surface area (Å²) in [6.07, 6.45) is 1.08. The second-order valence-electron chi connectivity index (χ2n) is 4.25. The van der Waals surface area contributed by atoms with E-state index in [1.54, 1.807) is 0 Å². The Hall–Kier alpha value is -1.22. The summed E-state index contributed by atoms with van der Waals surface area (Å²) in [6, 6.07) is 4.81. The van der Waals surface area contributed by atoms with Crippen molar-refractivity contribution in [1.29, 1.82) is 0 Å². The van der Waals surface area contributed by atoms with Gasteiger partial charge in [-0.15, -0.1) is 0 Å². The monoisotopic (exact) mass is 205 g/mol. The summed E-state index contributed by atoms with van der Waals surface area (Å²) in [5.41, 5.74) is 2.74. The Bertz CT molecular complexity index is 389. The van der Waals surface area contributed by atoms with Gasteiger partial charge in [-0.25, -0.2) is 0 Å². The molecule has 1 N–H and O–H groups in total. The molecule has 0 fully saturated rings. The molecule has 3 nitrogen and oxygen atoms in total. The second kappa shape index (κ2) is 3.42. The van der Waals surface area contributed by atoms with Crippen LogP contribution in [0.3, 0.4) is 0 Å². The van der Waals surface area contributed by atoms with Crippen LogP contribution in [0.5, 0.6) is 11.5 Å². The maximum absolute atomic E-state index is 5.58. The highest BCUT2D eigenvalue weighted by Crippen LogP contribution is 2.34. The van der Waals surface area contributed by atoms with Crippen LogP contribution in [0.25, 0.3) is 0 Å². The predicted molar refractivity (Wildman–Crippen MR) is 57.4 cm³/mol. The van der Waals surface area contributed by atoms with Gasteiger partial charge in [-0.2, -0.15) is 0 Å². The molecule has 0 spiro atoms. The van der Waals surface area contributed by atoms with Crippen LogP contribution in [0.15, 0.2) is 12.1 Å². The van der Waals surface area contributed by atoms with Gasteiger partial charge in [0.1, 0.15) is 13.2 Å². The molecule has 2 aliphatic heterocycles. The van der Waals surface area contributed by atoms with Crippen molar-refractivity contribution in [2.45, 2.75) is 25.9 Å². The SMILES string of the molecule is CC1Cc2cc3c(cc2CN1)OCCO3. The number of ether oxygens (including phenoxy) is 2. The lowest BCUT2D eigenvalue weighted by molar-refractivity contribution is 0.171. The molecule has 1 aromatic rings. The smallest absolute Gasteiger partial charge is 0.161 e. The third-order valence-corrected chi connectivity index (χ3v) is 3.03. The number of rotatable bonds is 0. The molecule has 2 aliphatic rings. The predicted octanol–water partition coefficient (Wildman–Crippen LogP) is 1.49. The van der Waals surface area contributed by atoms with Crippen molar-refractivity contribution < 1.29 is 9.47 Å². The maximum Gasteiger partial charge on any atom is 0.161 e. The van der Waals surface area contributed by atoms with E-state index in [0.29, 0.717) is 19.3 Å². The van der Waals surface area contributed by atoms with Gasteiger partial charge in [-0.05, 0) is 36.6 Å². The van der Waals surface area contributed by atoms with Crippen molar-refractivity contribution in [3.8, 4) is 11.5 Å². The Morgan fingerprint density at radius 2 is 1.80 bits per heavy atom. The Balaban J connectivity index is 2.02. The molecule has 1 atom stereocenters. The first kappa shape index (κ1) is 9.04. The van der Waals surface area contributed by atoms with E-state index in [2.05, 4.69) is 24.4 Å². The summed E-state index contributed by atoms with van der Waals surface area (Å²) in [4.78, 5) is 0. The fourth-order valence-electron chi connectivity index (χ4n) is 2.21. The summed E-state index contributed by atoms with van der Waals surface area (Å²) < 4.78 is 11.1. The molecule has 0 bridgehead atoms. The van der Waals surface area contributed by atoms with Gasteiger partial charge >= 0.3 is 0 Å². The minimum atomic E-state index is 0.556. The van der Waals surface area contributed by atoms with Crippen molar-refractivity contribution in [2.75, 3.05) is 13.2 Å². The summed E-state index contributed by atoms with van der Waals surface area (Å²) >= 11 is 0. The van der Waals surface area contributed by atoms with E-state index in [1.165, 1.54) is 11.1 Å². The van der Waals surface area contributed by atoms with Crippen molar-refractivity contribution in [1.82, 2.24) is 5.32 Å². The van der Waals surface area contributed by atoms with Gasteiger partial charge in [-0.3, -0.25) is 0 Å². The third kappa shape index (κ3) is 1.57. The van der Waals surface area contributed by atoms with Gasteiger partial charge in [0, 0.05) is 12.6 Å². The number of hydrogen-bond donors (Lipinski definition) is 1. The van der Waals surface area contributed by atoms with Crippen LogP contribution in [-0.4, -0.2) is 19.3 Å². The van der Waals surface area contributed by atoms with E-state index in [-0.39, 0.29) is 0 Å². The summed E-state index contributed by atoms with van der Waals surface area (Å²) in [5.74, 6) is 1.81. The Morgan fingerprint density at radius 1 is 1.13 bits per heavy atom. The van der Waals surface area contributed by atoms with Crippen LogP contribution in [0, 0.1) is 0 Å². The van der Waals surface area contributed by atoms with Crippen molar-refractivity contribution in [3.05, 3.63) is 23.3 Å². The molecule has 0 amide bonds. The lowest BCUT2D eigenvalue weighted by atomic mass is 9.96. The first-order valence-corrected chi connectivity index (χ1v) is 5.48. The third-order valence-electron chi connectivity index (χ3n) is 3.03. The lowest BCUT2D eigenvalue weighted by Gasteiger charge is -2.26. The Kier molecular flexibility index (Phi) is 2.06. The first-order valence-electron chi connectivity index (χ1n) is 5.48. The lowest BCUT2D eigenvalue weighted by Crippen LogP contribution is -2.33. The molecule has 0 aromatic heterocycles. The average Bonchev–Trinajstić information content (AvgIpc) is 2.26. The second-order valence-corrected chi connectivity index (χ2v) is 4.25. The number of benzene rings is 1. The highest BCUT2D eigenvalue weighted by Gasteiger charge is 2.19. The summed E-state index contributed by atoms with van der Waals surface area (Å²) in [6.45, 7) is 4.47. The van der Waals surface area contributed by atoms with Crippen molar-refractivity contribution in [3.63, 3.8) is 0 Å². The quantitative estimate of drug-likeness (QED) is 0.696. The molecule has 2 heterocycles. The Labute approximate surface area is 89.4 Å². The van der Waals surface area contributed by atoms with Gasteiger partial charge in [0.25, 0.3) is 0 Å². The molecule has 1 unspecified atom stereocenters. The standard InChI is InChI=1S/C12H15NO2/c1-8-4-9-5-11-12(15-3-2-14-11)6-10(9)7-13-8/h5-6,8,13H,2-4,7H2,1H3. The number of fused-ring (bicyclic) bond motifs is 2. The fraction of sp³-hybridized carbons (Fsp3) is 0.500. The van der Waals surface area contributed by atoms with E-state index in [4.69, 9.17) is 9.47 Å². The van der Waals surface area contributed by atoms with E-state index in [9.17, 15) is 0 Å². The molecular formula is C12H15NO2. The topological polar surface area (TPSA) is 30.5 Å². The molecule has 0 saturated heterocycles. The van der Waals surface area contributed by atoms with Crippen LogP contribution in [0.1, 0.15) is 18.1 Å². The first-order chi connectivity index (χ1) is 7.33. The van der Waals surface area contributed by atoms with Crippen LogP contribution >= 0.6 is 0 Å². The van der Waals surface area contributed by atoms with Gasteiger partial charge < -0.3 is 14.8 Å². The van der Waals surface area contributed by atoms with Gasteiger partial charge in [0.05, 0.1) is 0 Å². The number of hydrogen-bond acceptors (Lipinski definition) is 3. The zero-order valence-electron chi connectivity index (χ0n) is 8.88. The zero-order valence-corrected chi connectivity index (χ0v) is 8.88. The van der Waals surface area contributed by atoms with Crippen LogP contribution in [-0.2, 0) is 13.0 Å².